The van der Waals surface area contributed by atoms with Crippen LogP contribution in [0.4, 0.5) is 0 Å². The molecule has 1 fully saturated rings. The number of carbonyl (C=O) groups is 1. The number of phenolic OH excluding ortho intramolecular Hbond substituents is 1. The Bertz CT molecular complexity index is 494. The summed E-state index contributed by atoms with van der Waals surface area (Å²) in [6.07, 6.45) is 1.79. The molecule has 1 amide bonds. The molecule has 0 radical (unpaired) electrons. The van der Waals surface area contributed by atoms with Gasteiger partial charge in [-0.3, -0.25) is 9.69 Å². The summed E-state index contributed by atoms with van der Waals surface area (Å²) < 4.78 is 0.600. The van der Waals surface area contributed by atoms with Crippen molar-refractivity contribution in [3.05, 3.63) is 34.7 Å². The molecule has 0 saturated carbocycles. The monoisotopic (exact) mass is 265 g/mol. The summed E-state index contributed by atoms with van der Waals surface area (Å²) in [5.74, 6) is 0.166. The van der Waals surface area contributed by atoms with Crippen molar-refractivity contribution in [2.45, 2.75) is 6.92 Å². The van der Waals surface area contributed by atoms with E-state index in [1.807, 2.05) is 6.92 Å². The second kappa shape index (κ2) is 4.89. The molecule has 1 aliphatic rings. The molecule has 17 heavy (non-hydrogen) atoms. The largest absolute Gasteiger partial charge is 0.508 e. The fourth-order valence-electron chi connectivity index (χ4n) is 1.49. The SMILES string of the molecule is CCN1C(=O)/C(=C\c2ccc(O)cc2)SC1=S. The van der Waals surface area contributed by atoms with Gasteiger partial charge in [0.15, 0.2) is 0 Å². The van der Waals surface area contributed by atoms with Crippen molar-refractivity contribution in [2.24, 2.45) is 0 Å². The Morgan fingerprint density at radius 3 is 2.59 bits per heavy atom. The minimum atomic E-state index is -0.0458. The van der Waals surface area contributed by atoms with E-state index in [0.29, 0.717) is 15.8 Å². The molecule has 1 N–H and O–H groups in total. The summed E-state index contributed by atoms with van der Waals surface area (Å²) in [5.41, 5.74) is 0.874. The Hall–Kier alpha value is -1.33. The molecular formula is C12H11NO2S2. The Labute approximate surface area is 109 Å². The van der Waals surface area contributed by atoms with Gasteiger partial charge in [-0.1, -0.05) is 36.1 Å². The lowest BCUT2D eigenvalue weighted by molar-refractivity contribution is -0.121. The van der Waals surface area contributed by atoms with Crippen LogP contribution in [0, 0.1) is 0 Å². The molecule has 1 aliphatic heterocycles. The fourth-order valence-corrected chi connectivity index (χ4v) is 2.88. The van der Waals surface area contributed by atoms with E-state index < -0.39 is 0 Å². The predicted octanol–water partition coefficient (Wildman–Crippen LogP) is 2.61. The molecule has 1 heterocycles. The zero-order valence-electron chi connectivity index (χ0n) is 9.21. The van der Waals surface area contributed by atoms with E-state index in [1.165, 1.54) is 11.8 Å². The fraction of sp³-hybridized carbons (Fsp3) is 0.167. The van der Waals surface area contributed by atoms with Gasteiger partial charge in [0.2, 0.25) is 0 Å². The van der Waals surface area contributed by atoms with E-state index in [2.05, 4.69) is 0 Å². The van der Waals surface area contributed by atoms with Gasteiger partial charge in [0.1, 0.15) is 10.1 Å². The lowest BCUT2D eigenvalue weighted by Crippen LogP contribution is -2.27. The normalized spacial score (nSPS) is 18.2. The highest BCUT2D eigenvalue weighted by Gasteiger charge is 2.30. The number of thioether (sulfide) groups is 1. The maximum absolute atomic E-state index is 11.9. The molecule has 2 rings (SSSR count). The third-order valence-electron chi connectivity index (χ3n) is 2.38. The minimum absolute atomic E-state index is 0.0458. The van der Waals surface area contributed by atoms with Crippen LogP contribution in [0.1, 0.15) is 12.5 Å². The number of hydrogen-bond acceptors (Lipinski definition) is 4. The van der Waals surface area contributed by atoms with E-state index in [4.69, 9.17) is 17.3 Å². The van der Waals surface area contributed by atoms with Crippen LogP contribution >= 0.6 is 24.0 Å². The molecule has 5 heteroatoms. The van der Waals surface area contributed by atoms with Gasteiger partial charge in [-0.2, -0.15) is 0 Å². The van der Waals surface area contributed by atoms with Crippen LogP contribution < -0.4 is 0 Å². The smallest absolute Gasteiger partial charge is 0.266 e. The molecular weight excluding hydrogens is 254 g/mol. The number of amides is 1. The Morgan fingerprint density at radius 2 is 2.06 bits per heavy atom. The number of phenols is 1. The Morgan fingerprint density at radius 1 is 1.41 bits per heavy atom. The number of thiocarbonyl (C=S) groups is 1. The number of hydrogen-bond donors (Lipinski definition) is 1. The second-order valence-electron chi connectivity index (χ2n) is 3.52. The number of rotatable bonds is 2. The van der Waals surface area contributed by atoms with Gasteiger partial charge in [-0.25, -0.2) is 0 Å². The van der Waals surface area contributed by atoms with E-state index in [-0.39, 0.29) is 11.7 Å². The maximum Gasteiger partial charge on any atom is 0.266 e. The Balaban J connectivity index is 2.27. The van der Waals surface area contributed by atoms with Crippen LogP contribution in [0.3, 0.4) is 0 Å². The van der Waals surface area contributed by atoms with Crippen LogP contribution in [0.25, 0.3) is 6.08 Å². The van der Waals surface area contributed by atoms with Crippen molar-refractivity contribution < 1.29 is 9.90 Å². The molecule has 1 aromatic rings. The average molecular weight is 265 g/mol. The molecule has 3 nitrogen and oxygen atoms in total. The van der Waals surface area contributed by atoms with Crippen molar-refractivity contribution in [1.82, 2.24) is 4.90 Å². The highest BCUT2D eigenvalue weighted by Crippen LogP contribution is 2.32. The zero-order valence-corrected chi connectivity index (χ0v) is 10.8. The molecule has 0 aliphatic carbocycles. The number of nitrogens with zero attached hydrogens (tertiary/aromatic N) is 1. The van der Waals surface area contributed by atoms with Crippen LogP contribution in [0.5, 0.6) is 5.75 Å². The van der Waals surface area contributed by atoms with E-state index in [9.17, 15) is 4.79 Å². The van der Waals surface area contributed by atoms with Crippen LogP contribution in [-0.2, 0) is 4.79 Å². The topological polar surface area (TPSA) is 40.5 Å². The lowest BCUT2D eigenvalue weighted by Gasteiger charge is -2.09. The van der Waals surface area contributed by atoms with Gasteiger partial charge in [0.05, 0.1) is 4.91 Å². The van der Waals surface area contributed by atoms with E-state index in [1.54, 1.807) is 35.2 Å². The van der Waals surface area contributed by atoms with Gasteiger partial charge in [0, 0.05) is 6.54 Å². The van der Waals surface area contributed by atoms with Crippen LogP contribution in [0.2, 0.25) is 0 Å². The summed E-state index contributed by atoms with van der Waals surface area (Å²) in [6, 6.07) is 6.69. The van der Waals surface area contributed by atoms with Crippen molar-refractivity contribution in [1.29, 1.82) is 0 Å². The van der Waals surface area contributed by atoms with Crippen LogP contribution in [0.15, 0.2) is 29.2 Å². The highest BCUT2D eigenvalue weighted by molar-refractivity contribution is 8.26. The first kappa shape index (κ1) is 12.1. The number of carbonyl (C=O) groups excluding carboxylic acids is 1. The summed E-state index contributed by atoms with van der Waals surface area (Å²) >= 11 is 6.43. The summed E-state index contributed by atoms with van der Waals surface area (Å²) in [4.78, 5) is 14.1. The van der Waals surface area contributed by atoms with Crippen molar-refractivity contribution in [3.63, 3.8) is 0 Å². The summed E-state index contributed by atoms with van der Waals surface area (Å²) in [5, 5.41) is 9.17. The Kier molecular flexibility index (Phi) is 3.49. The molecule has 88 valence electrons. The van der Waals surface area contributed by atoms with Crippen molar-refractivity contribution in [3.8, 4) is 5.75 Å². The first-order valence-electron chi connectivity index (χ1n) is 5.16. The minimum Gasteiger partial charge on any atom is -0.508 e. The van der Waals surface area contributed by atoms with Gasteiger partial charge in [0.25, 0.3) is 5.91 Å². The van der Waals surface area contributed by atoms with Gasteiger partial charge in [-0.15, -0.1) is 0 Å². The van der Waals surface area contributed by atoms with Crippen molar-refractivity contribution in [2.75, 3.05) is 6.54 Å². The molecule has 0 atom stereocenters. The third kappa shape index (κ3) is 2.50. The summed E-state index contributed by atoms with van der Waals surface area (Å²) in [7, 11) is 0. The van der Waals surface area contributed by atoms with Gasteiger partial charge >= 0.3 is 0 Å². The number of benzene rings is 1. The molecule has 1 saturated heterocycles. The van der Waals surface area contributed by atoms with E-state index in [0.717, 1.165) is 5.56 Å². The standard InChI is InChI=1S/C12H11NO2S2/c1-2-13-11(15)10(17-12(13)16)7-8-3-5-9(14)6-4-8/h3-7,14H,2H2,1H3/b10-7+. The molecule has 0 bridgehead atoms. The molecule has 1 aromatic carbocycles. The molecule has 0 aromatic heterocycles. The third-order valence-corrected chi connectivity index (χ3v) is 3.76. The van der Waals surface area contributed by atoms with Gasteiger partial charge < -0.3 is 5.11 Å². The summed E-state index contributed by atoms with van der Waals surface area (Å²) in [6.45, 7) is 2.49. The first-order valence-corrected chi connectivity index (χ1v) is 6.38. The zero-order chi connectivity index (χ0) is 12.4. The predicted molar refractivity (Wildman–Crippen MR) is 73.7 cm³/mol. The average Bonchev–Trinajstić information content (AvgIpc) is 2.57. The van der Waals surface area contributed by atoms with Gasteiger partial charge in [-0.05, 0) is 30.7 Å². The maximum atomic E-state index is 11.9. The second-order valence-corrected chi connectivity index (χ2v) is 5.19. The number of aromatic hydroxyl groups is 1. The van der Waals surface area contributed by atoms with Crippen LogP contribution in [-0.4, -0.2) is 26.8 Å². The first-order chi connectivity index (χ1) is 8.11. The molecule has 0 spiro atoms. The van der Waals surface area contributed by atoms with E-state index >= 15 is 0 Å². The highest BCUT2D eigenvalue weighted by atomic mass is 32.2. The molecule has 0 unspecified atom stereocenters. The number of likely N-dealkylation sites (N-methyl/N-ethyl adjacent to an activating group) is 1. The van der Waals surface area contributed by atoms with Crippen molar-refractivity contribution >= 4 is 40.3 Å². The quantitative estimate of drug-likeness (QED) is 0.659. The lowest BCUT2D eigenvalue weighted by atomic mass is 10.2.